The zero-order chi connectivity index (χ0) is 12.5. The molecule has 0 aromatic carbocycles. The molecule has 96 valence electrons. The third kappa shape index (κ3) is 1.93. The number of aryl methyl sites for hydroxylation is 1. The summed E-state index contributed by atoms with van der Waals surface area (Å²) in [6, 6.07) is 2.64. The maximum absolute atomic E-state index is 5.38. The van der Waals surface area contributed by atoms with Crippen LogP contribution in [0.4, 0.5) is 0 Å². The van der Waals surface area contributed by atoms with Gasteiger partial charge in [-0.3, -0.25) is 4.98 Å². The highest BCUT2D eigenvalue weighted by atomic mass is 16.5. The highest BCUT2D eigenvalue weighted by Crippen LogP contribution is 2.36. The maximum Gasteiger partial charge on any atom is 0.140 e. The molecule has 1 aliphatic carbocycles. The van der Waals surface area contributed by atoms with Crippen LogP contribution in [0.25, 0.3) is 5.57 Å². The molecule has 1 aliphatic heterocycles. The molecule has 3 rings (SSSR count). The number of ether oxygens (including phenoxy) is 1. The minimum absolute atomic E-state index is 0.521. The Morgan fingerprint density at radius 2 is 2.28 bits per heavy atom. The van der Waals surface area contributed by atoms with Crippen molar-refractivity contribution in [2.24, 2.45) is 5.92 Å². The molecule has 18 heavy (non-hydrogen) atoms. The van der Waals surface area contributed by atoms with Crippen molar-refractivity contribution in [2.75, 3.05) is 13.7 Å². The second kappa shape index (κ2) is 4.73. The van der Waals surface area contributed by atoms with Crippen LogP contribution in [-0.2, 0) is 0 Å². The van der Waals surface area contributed by atoms with Crippen LogP contribution in [0.3, 0.4) is 0 Å². The van der Waals surface area contributed by atoms with E-state index in [1.54, 1.807) is 7.11 Å². The van der Waals surface area contributed by atoms with Gasteiger partial charge in [0.1, 0.15) is 5.75 Å². The number of hydrogen-bond donors (Lipinski definition) is 1. The lowest BCUT2D eigenvalue weighted by molar-refractivity contribution is 0.408. The van der Waals surface area contributed by atoms with Crippen molar-refractivity contribution in [3.63, 3.8) is 0 Å². The van der Waals surface area contributed by atoms with Gasteiger partial charge in [0.05, 0.1) is 12.8 Å². The third-order valence-corrected chi connectivity index (χ3v) is 4.18. The molecule has 0 bridgehead atoms. The Labute approximate surface area is 108 Å². The molecule has 0 amide bonds. The van der Waals surface area contributed by atoms with Gasteiger partial charge in [-0.05, 0) is 50.3 Å². The number of nitrogens with zero attached hydrogens (tertiary/aromatic N) is 1. The molecule has 1 aromatic rings. The van der Waals surface area contributed by atoms with Gasteiger partial charge in [-0.15, -0.1) is 0 Å². The van der Waals surface area contributed by atoms with Crippen LogP contribution in [0.1, 0.15) is 30.5 Å². The predicted molar refractivity (Wildman–Crippen MR) is 72.6 cm³/mol. The number of pyridine rings is 1. The minimum Gasteiger partial charge on any atom is -0.495 e. The highest BCUT2D eigenvalue weighted by Gasteiger charge is 2.32. The van der Waals surface area contributed by atoms with Gasteiger partial charge in [-0.25, -0.2) is 0 Å². The number of aromatic nitrogens is 1. The number of methoxy groups -OCH3 is 1. The van der Waals surface area contributed by atoms with Gasteiger partial charge in [0.25, 0.3) is 0 Å². The Hall–Kier alpha value is -1.35. The summed E-state index contributed by atoms with van der Waals surface area (Å²) in [6.07, 6.45) is 8.15. The first-order valence-electron chi connectivity index (χ1n) is 6.74. The molecule has 0 saturated carbocycles. The summed E-state index contributed by atoms with van der Waals surface area (Å²) in [5, 5.41) is 3.62. The molecule has 2 aliphatic rings. The second-order valence-electron chi connectivity index (χ2n) is 5.23. The van der Waals surface area contributed by atoms with Gasteiger partial charge in [0.2, 0.25) is 0 Å². The van der Waals surface area contributed by atoms with Crippen molar-refractivity contribution in [1.29, 1.82) is 0 Å². The van der Waals surface area contributed by atoms with Crippen molar-refractivity contribution < 1.29 is 4.74 Å². The van der Waals surface area contributed by atoms with Crippen LogP contribution in [0.15, 0.2) is 18.3 Å². The minimum atomic E-state index is 0.521. The Kier molecular flexibility index (Phi) is 3.08. The fourth-order valence-electron chi connectivity index (χ4n) is 3.19. The molecule has 1 fully saturated rings. The van der Waals surface area contributed by atoms with Crippen LogP contribution >= 0.6 is 0 Å². The normalized spacial score (nSPS) is 26.7. The number of hydrogen-bond acceptors (Lipinski definition) is 3. The quantitative estimate of drug-likeness (QED) is 0.868. The standard InChI is InChI=1S/C15H20N2O/c1-10-14(18-2)8-12(9-17-10)13-5-3-4-11-6-7-16-15(11)13/h5,8-9,11,15-16H,3-4,6-7H2,1-2H3. The topological polar surface area (TPSA) is 34.1 Å². The second-order valence-corrected chi connectivity index (χ2v) is 5.23. The first-order chi connectivity index (χ1) is 8.79. The Bertz CT molecular complexity index is 481. The summed E-state index contributed by atoms with van der Waals surface area (Å²) in [5.74, 6) is 1.69. The van der Waals surface area contributed by atoms with Crippen LogP contribution in [-0.4, -0.2) is 24.7 Å². The summed E-state index contributed by atoms with van der Waals surface area (Å²) in [7, 11) is 1.71. The molecule has 3 heteroatoms. The molecule has 1 aromatic heterocycles. The monoisotopic (exact) mass is 244 g/mol. The Morgan fingerprint density at radius 1 is 1.39 bits per heavy atom. The van der Waals surface area contributed by atoms with E-state index in [2.05, 4.69) is 22.4 Å². The number of fused-ring (bicyclic) bond motifs is 1. The van der Waals surface area contributed by atoms with Crippen molar-refractivity contribution in [1.82, 2.24) is 10.3 Å². The molecule has 0 spiro atoms. The fourth-order valence-corrected chi connectivity index (χ4v) is 3.19. The van der Waals surface area contributed by atoms with E-state index in [9.17, 15) is 0 Å². The van der Waals surface area contributed by atoms with E-state index >= 15 is 0 Å². The van der Waals surface area contributed by atoms with Crippen LogP contribution < -0.4 is 10.1 Å². The zero-order valence-electron chi connectivity index (χ0n) is 11.1. The van der Waals surface area contributed by atoms with Crippen LogP contribution in [0.5, 0.6) is 5.75 Å². The predicted octanol–water partition coefficient (Wildman–Crippen LogP) is 2.55. The van der Waals surface area contributed by atoms with Crippen molar-refractivity contribution in [2.45, 2.75) is 32.2 Å². The van der Waals surface area contributed by atoms with Gasteiger partial charge >= 0.3 is 0 Å². The van der Waals surface area contributed by atoms with Crippen molar-refractivity contribution in [3.8, 4) is 5.75 Å². The molecular weight excluding hydrogens is 224 g/mol. The van der Waals surface area contributed by atoms with E-state index in [1.807, 2.05) is 13.1 Å². The molecule has 2 heterocycles. The highest BCUT2D eigenvalue weighted by molar-refractivity contribution is 5.71. The average molecular weight is 244 g/mol. The third-order valence-electron chi connectivity index (χ3n) is 4.18. The van der Waals surface area contributed by atoms with Crippen LogP contribution in [0.2, 0.25) is 0 Å². The summed E-state index contributed by atoms with van der Waals surface area (Å²) in [4.78, 5) is 4.45. The van der Waals surface area contributed by atoms with E-state index in [4.69, 9.17) is 4.74 Å². The van der Waals surface area contributed by atoms with Gasteiger partial charge in [-0.1, -0.05) is 6.08 Å². The van der Waals surface area contributed by atoms with E-state index in [0.29, 0.717) is 6.04 Å². The van der Waals surface area contributed by atoms with E-state index in [1.165, 1.54) is 30.4 Å². The first-order valence-corrected chi connectivity index (χ1v) is 6.74. The molecule has 1 N–H and O–H groups in total. The molecule has 2 atom stereocenters. The molecule has 2 unspecified atom stereocenters. The van der Waals surface area contributed by atoms with Crippen molar-refractivity contribution in [3.05, 3.63) is 29.6 Å². The van der Waals surface area contributed by atoms with E-state index in [-0.39, 0.29) is 0 Å². The van der Waals surface area contributed by atoms with Crippen molar-refractivity contribution >= 4 is 5.57 Å². The number of nitrogens with one attached hydrogen (secondary N) is 1. The average Bonchev–Trinajstić information content (AvgIpc) is 2.87. The Morgan fingerprint density at radius 3 is 3.11 bits per heavy atom. The smallest absolute Gasteiger partial charge is 0.140 e. The number of rotatable bonds is 2. The maximum atomic E-state index is 5.38. The summed E-state index contributed by atoms with van der Waals surface area (Å²) < 4.78 is 5.38. The van der Waals surface area contributed by atoms with Gasteiger partial charge in [0.15, 0.2) is 0 Å². The molecular formula is C15H20N2O. The fraction of sp³-hybridized carbons (Fsp3) is 0.533. The summed E-state index contributed by atoms with van der Waals surface area (Å²) in [6.45, 7) is 3.12. The molecule has 1 saturated heterocycles. The van der Waals surface area contributed by atoms with Gasteiger partial charge in [-0.2, -0.15) is 0 Å². The van der Waals surface area contributed by atoms with Gasteiger partial charge in [0, 0.05) is 17.8 Å². The lowest BCUT2D eigenvalue weighted by Gasteiger charge is -2.27. The summed E-state index contributed by atoms with van der Waals surface area (Å²) in [5.41, 5.74) is 3.57. The largest absolute Gasteiger partial charge is 0.495 e. The lowest BCUT2D eigenvalue weighted by atomic mass is 9.82. The van der Waals surface area contributed by atoms with Gasteiger partial charge < -0.3 is 10.1 Å². The SMILES string of the molecule is COc1cc(C2=CCCC3CCNC23)cnc1C. The Balaban J connectivity index is 1.96. The molecule has 3 nitrogen and oxygen atoms in total. The van der Waals surface area contributed by atoms with E-state index < -0.39 is 0 Å². The van der Waals surface area contributed by atoms with Crippen LogP contribution in [0, 0.1) is 12.8 Å². The van der Waals surface area contributed by atoms with E-state index in [0.717, 1.165) is 23.9 Å². The first kappa shape index (κ1) is 11.7. The number of allylic oxidation sites excluding steroid dienone is 1. The molecule has 0 radical (unpaired) electrons. The zero-order valence-corrected chi connectivity index (χ0v) is 11.1. The lowest BCUT2D eigenvalue weighted by Crippen LogP contribution is -2.30. The summed E-state index contributed by atoms with van der Waals surface area (Å²) >= 11 is 0.